The van der Waals surface area contributed by atoms with E-state index in [-0.39, 0.29) is 6.08 Å². The fraction of sp³-hybridized carbons (Fsp3) is 0.250. The molecule has 6 heteroatoms. The van der Waals surface area contributed by atoms with E-state index in [9.17, 15) is 4.79 Å². The molecule has 0 aliphatic carbocycles. The summed E-state index contributed by atoms with van der Waals surface area (Å²) < 4.78 is 8.91. The van der Waals surface area contributed by atoms with Gasteiger partial charge in [0.05, 0.1) is 0 Å². The van der Waals surface area contributed by atoms with Crippen molar-refractivity contribution in [2.75, 3.05) is 7.05 Å². The predicted octanol–water partition coefficient (Wildman–Crippen LogP) is -0.212. The largest absolute Gasteiger partial charge is 0.423 e. The van der Waals surface area contributed by atoms with Gasteiger partial charge in [-0.25, -0.2) is 4.79 Å². The van der Waals surface area contributed by atoms with E-state index in [4.69, 9.17) is 0 Å². The molecule has 0 spiro atoms. The van der Waals surface area contributed by atoms with Crippen LogP contribution in [0.1, 0.15) is 0 Å². The van der Waals surface area contributed by atoms with Crippen LogP contribution in [-0.4, -0.2) is 23.3 Å². The third-order valence-corrected chi connectivity index (χ3v) is 0.724. The van der Waals surface area contributed by atoms with Crippen LogP contribution in [0.3, 0.4) is 0 Å². The third-order valence-electron chi connectivity index (χ3n) is 0.724. The Balaban J connectivity index is 2.48. The molecule has 10 heavy (non-hydrogen) atoms. The van der Waals surface area contributed by atoms with Crippen molar-refractivity contribution in [3.05, 3.63) is 6.39 Å². The van der Waals surface area contributed by atoms with E-state index < -0.39 is 6.09 Å². The van der Waals surface area contributed by atoms with E-state index in [1.165, 1.54) is 7.05 Å². The molecular formula is C4H5N3O3. The SMILES string of the molecule is CNC(=O)Oc1nnco1. The van der Waals surface area contributed by atoms with Crippen LogP contribution in [0.2, 0.25) is 0 Å². The number of rotatable bonds is 1. The zero-order chi connectivity index (χ0) is 7.40. The summed E-state index contributed by atoms with van der Waals surface area (Å²) in [6.07, 6.45) is 0.266. The fourth-order valence-corrected chi connectivity index (χ4v) is 0.338. The predicted molar refractivity (Wildman–Crippen MR) is 29.4 cm³/mol. The quantitative estimate of drug-likeness (QED) is 0.588. The molecule has 1 aromatic heterocycles. The second kappa shape index (κ2) is 2.81. The van der Waals surface area contributed by atoms with E-state index in [0.717, 1.165) is 6.39 Å². The minimum atomic E-state index is -0.635. The summed E-state index contributed by atoms with van der Waals surface area (Å²) >= 11 is 0. The molecule has 6 nitrogen and oxygen atoms in total. The zero-order valence-corrected chi connectivity index (χ0v) is 5.20. The lowest BCUT2D eigenvalue weighted by Crippen LogP contribution is -2.22. The molecule has 0 aromatic carbocycles. The van der Waals surface area contributed by atoms with Gasteiger partial charge in [-0.3, -0.25) is 0 Å². The van der Waals surface area contributed by atoms with Crippen molar-refractivity contribution in [1.82, 2.24) is 15.5 Å². The number of aromatic nitrogens is 2. The lowest BCUT2D eigenvalue weighted by molar-refractivity contribution is 0.186. The van der Waals surface area contributed by atoms with Gasteiger partial charge in [-0.1, -0.05) is 5.10 Å². The molecule has 0 saturated heterocycles. The lowest BCUT2D eigenvalue weighted by Gasteiger charge is -1.93. The second-order valence-electron chi connectivity index (χ2n) is 1.34. The van der Waals surface area contributed by atoms with Gasteiger partial charge in [0.25, 0.3) is 0 Å². The topological polar surface area (TPSA) is 77.2 Å². The molecule has 0 atom stereocenters. The zero-order valence-electron chi connectivity index (χ0n) is 5.20. The Kier molecular flexibility index (Phi) is 1.83. The van der Waals surface area contributed by atoms with E-state index in [0.29, 0.717) is 0 Å². The molecule has 0 aliphatic heterocycles. The minimum Gasteiger partial charge on any atom is -0.396 e. The van der Waals surface area contributed by atoms with Crippen LogP contribution in [-0.2, 0) is 0 Å². The molecule has 0 unspecified atom stereocenters. The van der Waals surface area contributed by atoms with Crippen molar-refractivity contribution in [3.63, 3.8) is 0 Å². The Morgan fingerprint density at radius 1 is 1.90 bits per heavy atom. The third kappa shape index (κ3) is 1.44. The Bertz CT molecular complexity index is 208. The average molecular weight is 143 g/mol. The van der Waals surface area contributed by atoms with Gasteiger partial charge in [0, 0.05) is 7.05 Å². The van der Waals surface area contributed by atoms with Gasteiger partial charge < -0.3 is 14.5 Å². The maximum absolute atomic E-state index is 10.4. The number of nitrogens with zero attached hydrogens (tertiary/aromatic N) is 2. The fourth-order valence-electron chi connectivity index (χ4n) is 0.338. The minimum absolute atomic E-state index is 0.167. The molecule has 0 aliphatic rings. The van der Waals surface area contributed by atoms with Crippen LogP contribution in [0.4, 0.5) is 4.79 Å². The lowest BCUT2D eigenvalue weighted by atomic mass is 11.1. The van der Waals surface area contributed by atoms with Crippen molar-refractivity contribution >= 4 is 6.09 Å². The van der Waals surface area contributed by atoms with E-state index in [1.807, 2.05) is 0 Å². The number of carbonyl (C=O) groups excluding carboxylic acids is 1. The van der Waals surface area contributed by atoms with Gasteiger partial charge in [-0.05, 0) is 0 Å². The number of hydrogen-bond acceptors (Lipinski definition) is 5. The molecular weight excluding hydrogens is 138 g/mol. The van der Waals surface area contributed by atoms with Crippen LogP contribution in [0.5, 0.6) is 6.08 Å². The summed E-state index contributed by atoms with van der Waals surface area (Å²) in [5.41, 5.74) is 0. The highest BCUT2D eigenvalue weighted by Crippen LogP contribution is 2.00. The molecule has 0 saturated carbocycles. The Morgan fingerprint density at radius 3 is 3.20 bits per heavy atom. The van der Waals surface area contributed by atoms with Gasteiger partial charge in [-0.15, -0.1) is 5.10 Å². The van der Waals surface area contributed by atoms with Gasteiger partial charge in [-0.2, -0.15) is 0 Å². The van der Waals surface area contributed by atoms with Crippen LogP contribution in [0.15, 0.2) is 10.8 Å². The summed E-state index contributed by atoms with van der Waals surface area (Å²) in [5, 5.41) is 8.81. The first kappa shape index (κ1) is 6.53. The van der Waals surface area contributed by atoms with Crippen molar-refractivity contribution in [3.8, 4) is 6.08 Å². The molecule has 1 rings (SSSR count). The number of amides is 1. The Hall–Kier alpha value is -1.59. The highest BCUT2D eigenvalue weighted by atomic mass is 16.6. The van der Waals surface area contributed by atoms with Gasteiger partial charge in [0.2, 0.25) is 6.39 Å². The number of ether oxygens (including phenoxy) is 1. The van der Waals surface area contributed by atoms with Gasteiger partial charge in [0.15, 0.2) is 0 Å². The summed E-state index contributed by atoms with van der Waals surface area (Å²) in [7, 11) is 1.43. The van der Waals surface area contributed by atoms with Crippen LogP contribution in [0, 0.1) is 0 Å². The highest BCUT2D eigenvalue weighted by molar-refractivity contribution is 5.68. The average Bonchev–Trinajstić information content (AvgIpc) is 2.40. The molecule has 1 aromatic rings. The maximum atomic E-state index is 10.4. The molecule has 1 N–H and O–H groups in total. The van der Waals surface area contributed by atoms with E-state index in [2.05, 4.69) is 24.7 Å². The summed E-state index contributed by atoms with van der Waals surface area (Å²) in [5.74, 6) is 0. The van der Waals surface area contributed by atoms with Gasteiger partial charge >= 0.3 is 12.2 Å². The Morgan fingerprint density at radius 2 is 2.70 bits per heavy atom. The normalized spacial score (nSPS) is 8.90. The molecule has 0 fully saturated rings. The summed E-state index contributed by atoms with van der Waals surface area (Å²) in [6, 6.07) is 0. The summed E-state index contributed by atoms with van der Waals surface area (Å²) in [4.78, 5) is 10.4. The second-order valence-corrected chi connectivity index (χ2v) is 1.34. The van der Waals surface area contributed by atoms with Gasteiger partial charge in [0.1, 0.15) is 0 Å². The highest BCUT2D eigenvalue weighted by Gasteiger charge is 2.04. The standard InChI is InChI=1S/C4H5N3O3/c1-5-3(8)10-4-7-6-2-9-4/h2H,1H3,(H,5,8). The number of carbonyl (C=O) groups is 1. The molecule has 1 amide bonds. The van der Waals surface area contributed by atoms with Crippen molar-refractivity contribution in [1.29, 1.82) is 0 Å². The van der Waals surface area contributed by atoms with Crippen LogP contribution >= 0.6 is 0 Å². The first-order valence-electron chi connectivity index (χ1n) is 2.48. The maximum Gasteiger partial charge on any atom is 0.423 e. The Labute approximate surface area is 56.2 Å². The first-order valence-corrected chi connectivity index (χ1v) is 2.48. The van der Waals surface area contributed by atoms with Crippen molar-refractivity contribution < 1.29 is 13.9 Å². The number of hydrogen-bond donors (Lipinski definition) is 1. The molecule has 0 radical (unpaired) electrons. The van der Waals surface area contributed by atoms with E-state index >= 15 is 0 Å². The van der Waals surface area contributed by atoms with Crippen LogP contribution < -0.4 is 10.1 Å². The molecule has 1 heterocycles. The smallest absolute Gasteiger partial charge is 0.396 e. The first-order chi connectivity index (χ1) is 4.83. The number of nitrogens with one attached hydrogen (secondary N) is 1. The van der Waals surface area contributed by atoms with Crippen LogP contribution in [0.25, 0.3) is 0 Å². The van der Waals surface area contributed by atoms with Crippen molar-refractivity contribution in [2.45, 2.75) is 0 Å². The summed E-state index contributed by atoms with van der Waals surface area (Å²) in [6.45, 7) is 0. The molecule has 0 bridgehead atoms. The molecule has 54 valence electrons. The van der Waals surface area contributed by atoms with E-state index in [1.54, 1.807) is 0 Å². The van der Waals surface area contributed by atoms with Crippen molar-refractivity contribution in [2.24, 2.45) is 0 Å². The monoisotopic (exact) mass is 143 g/mol.